The molecule has 0 saturated heterocycles. The molecular formula is C21H18N2O4S. The van der Waals surface area contributed by atoms with Crippen molar-refractivity contribution in [2.75, 3.05) is 11.9 Å². The van der Waals surface area contributed by atoms with Crippen molar-refractivity contribution in [2.45, 2.75) is 19.3 Å². The van der Waals surface area contributed by atoms with Crippen LogP contribution in [0.2, 0.25) is 0 Å². The van der Waals surface area contributed by atoms with E-state index in [0.717, 1.165) is 40.5 Å². The van der Waals surface area contributed by atoms with Gasteiger partial charge >= 0.3 is 5.97 Å². The van der Waals surface area contributed by atoms with Crippen LogP contribution in [0.25, 0.3) is 10.8 Å². The highest BCUT2D eigenvalue weighted by Crippen LogP contribution is 2.38. The van der Waals surface area contributed by atoms with Gasteiger partial charge in [-0.3, -0.25) is 9.59 Å². The second-order valence-corrected chi connectivity index (χ2v) is 7.72. The maximum atomic E-state index is 12.3. The summed E-state index contributed by atoms with van der Waals surface area (Å²) in [4.78, 5) is 37.3. The molecule has 2 aromatic carbocycles. The number of rotatable bonds is 5. The molecule has 0 spiro atoms. The molecule has 6 nitrogen and oxygen atoms in total. The van der Waals surface area contributed by atoms with Gasteiger partial charge in [-0.15, -0.1) is 11.3 Å². The zero-order valence-electron chi connectivity index (χ0n) is 15.0. The number of hydrogen-bond donors (Lipinski definition) is 2. The van der Waals surface area contributed by atoms with E-state index in [-0.39, 0.29) is 0 Å². The number of ether oxygens (including phenoxy) is 1. The summed E-state index contributed by atoms with van der Waals surface area (Å²) in [5.41, 5.74) is 7.17. The molecule has 7 heteroatoms. The molecule has 0 saturated carbocycles. The first-order chi connectivity index (χ1) is 13.5. The number of hydrogen-bond acceptors (Lipinski definition) is 5. The summed E-state index contributed by atoms with van der Waals surface area (Å²) >= 11 is 1.36. The van der Waals surface area contributed by atoms with Crippen LogP contribution < -0.4 is 11.1 Å². The van der Waals surface area contributed by atoms with Crippen molar-refractivity contribution in [3.05, 3.63) is 64.0 Å². The van der Waals surface area contributed by atoms with Crippen molar-refractivity contribution in [2.24, 2.45) is 5.73 Å². The Morgan fingerprint density at radius 1 is 1.07 bits per heavy atom. The first kappa shape index (κ1) is 18.2. The highest BCUT2D eigenvalue weighted by atomic mass is 32.1. The number of carbonyl (C=O) groups is 3. The lowest BCUT2D eigenvalue weighted by Gasteiger charge is -2.08. The van der Waals surface area contributed by atoms with Gasteiger partial charge in [-0.1, -0.05) is 30.3 Å². The van der Waals surface area contributed by atoms with E-state index in [1.165, 1.54) is 11.3 Å². The van der Waals surface area contributed by atoms with E-state index in [1.807, 2.05) is 30.3 Å². The lowest BCUT2D eigenvalue weighted by molar-refractivity contribution is -0.119. The molecule has 28 heavy (non-hydrogen) atoms. The Balaban J connectivity index is 1.42. The van der Waals surface area contributed by atoms with Crippen molar-refractivity contribution < 1.29 is 19.1 Å². The summed E-state index contributed by atoms with van der Waals surface area (Å²) < 4.78 is 5.13. The zero-order valence-corrected chi connectivity index (χ0v) is 15.8. The van der Waals surface area contributed by atoms with Crippen LogP contribution in [0, 0.1) is 0 Å². The number of fused-ring (bicyclic) bond motifs is 2. The number of esters is 1. The topological polar surface area (TPSA) is 98.5 Å². The highest BCUT2D eigenvalue weighted by Gasteiger charge is 2.26. The number of thiophene rings is 1. The molecule has 0 unspecified atom stereocenters. The Labute approximate surface area is 165 Å². The van der Waals surface area contributed by atoms with E-state index >= 15 is 0 Å². The molecule has 0 fully saturated rings. The number of amides is 2. The number of benzene rings is 2. The lowest BCUT2D eigenvalue weighted by atomic mass is 10.1. The molecule has 1 aliphatic rings. The zero-order chi connectivity index (χ0) is 19.7. The van der Waals surface area contributed by atoms with Crippen LogP contribution in [0.4, 0.5) is 5.00 Å². The third-order valence-corrected chi connectivity index (χ3v) is 5.95. The minimum atomic E-state index is -0.579. The molecule has 1 heterocycles. The Hall–Kier alpha value is -3.19. The average Bonchev–Trinajstić information content (AvgIpc) is 3.26. The third kappa shape index (κ3) is 3.48. The number of nitrogens with one attached hydrogen (secondary N) is 1. The Kier molecular flexibility index (Phi) is 4.83. The molecule has 1 aliphatic carbocycles. The van der Waals surface area contributed by atoms with Crippen molar-refractivity contribution in [3.8, 4) is 0 Å². The number of primary amides is 1. The van der Waals surface area contributed by atoms with Gasteiger partial charge in [-0.2, -0.15) is 0 Å². The normalized spacial score (nSPS) is 12.6. The summed E-state index contributed by atoms with van der Waals surface area (Å²) in [5, 5.41) is 5.03. The van der Waals surface area contributed by atoms with Crippen molar-refractivity contribution >= 4 is 44.9 Å². The molecule has 142 valence electrons. The fraction of sp³-hybridized carbons (Fsp3) is 0.190. The first-order valence-electron chi connectivity index (χ1n) is 8.93. The monoisotopic (exact) mass is 394 g/mol. The molecule has 1 aromatic heterocycles. The van der Waals surface area contributed by atoms with Crippen LogP contribution in [0.3, 0.4) is 0 Å². The van der Waals surface area contributed by atoms with Gasteiger partial charge in [0, 0.05) is 4.88 Å². The summed E-state index contributed by atoms with van der Waals surface area (Å²) in [6.45, 7) is -0.438. The van der Waals surface area contributed by atoms with Gasteiger partial charge < -0.3 is 15.8 Å². The minimum absolute atomic E-state index is 0.374. The lowest BCUT2D eigenvalue weighted by Crippen LogP contribution is -2.22. The van der Waals surface area contributed by atoms with E-state index in [4.69, 9.17) is 10.5 Å². The number of anilines is 1. The molecule has 3 N–H and O–H groups in total. The second-order valence-electron chi connectivity index (χ2n) is 6.61. The summed E-state index contributed by atoms with van der Waals surface area (Å²) in [7, 11) is 0. The smallest absolute Gasteiger partial charge is 0.338 e. The summed E-state index contributed by atoms with van der Waals surface area (Å²) in [5.74, 6) is -1.64. The van der Waals surface area contributed by atoms with E-state index in [9.17, 15) is 14.4 Å². The fourth-order valence-corrected chi connectivity index (χ4v) is 4.76. The van der Waals surface area contributed by atoms with Crippen molar-refractivity contribution in [3.63, 3.8) is 0 Å². The molecule has 0 bridgehead atoms. The van der Waals surface area contributed by atoms with E-state index < -0.39 is 24.4 Å². The van der Waals surface area contributed by atoms with Crippen LogP contribution in [0.5, 0.6) is 0 Å². The standard InChI is InChI=1S/C21H18N2O4S/c22-19(25)18-15-6-3-7-16(15)28-20(18)23-17(24)11-27-21(26)14-9-8-12-4-1-2-5-13(12)10-14/h1-2,4-5,8-10H,3,6-7,11H2,(H2,22,25)(H,23,24). The molecular weight excluding hydrogens is 376 g/mol. The van der Waals surface area contributed by atoms with Crippen LogP contribution in [0.15, 0.2) is 42.5 Å². The first-order valence-corrected chi connectivity index (χ1v) is 9.74. The summed E-state index contributed by atoms with van der Waals surface area (Å²) in [6, 6.07) is 12.9. The van der Waals surface area contributed by atoms with Crippen molar-refractivity contribution in [1.82, 2.24) is 0 Å². The van der Waals surface area contributed by atoms with E-state index in [2.05, 4.69) is 5.32 Å². The van der Waals surface area contributed by atoms with Gasteiger partial charge in [-0.05, 0) is 47.7 Å². The largest absolute Gasteiger partial charge is 0.452 e. The maximum absolute atomic E-state index is 12.3. The van der Waals surface area contributed by atoms with E-state index in [1.54, 1.807) is 12.1 Å². The SMILES string of the molecule is NC(=O)c1c(NC(=O)COC(=O)c2ccc3ccccc3c2)sc2c1CCC2. The summed E-state index contributed by atoms with van der Waals surface area (Å²) in [6.07, 6.45) is 2.66. The van der Waals surface area contributed by atoms with Crippen LogP contribution in [-0.2, 0) is 22.4 Å². The molecule has 2 amide bonds. The molecule has 0 aliphatic heterocycles. The minimum Gasteiger partial charge on any atom is -0.452 e. The predicted molar refractivity (Wildman–Crippen MR) is 108 cm³/mol. The number of nitrogens with two attached hydrogens (primary N) is 1. The molecule has 0 radical (unpaired) electrons. The second kappa shape index (κ2) is 7.44. The number of carbonyl (C=O) groups excluding carboxylic acids is 3. The molecule has 4 rings (SSSR count). The maximum Gasteiger partial charge on any atom is 0.338 e. The van der Waals surface area contributed by atoms with Gasteiger partial charge in [0.15, 0.2) is 6.61 Å². The van der Waals surface area contributed by atoms with Crippen LogP contribution in [0.1, 0.15) is 37.6 Å². The van der Waals surface area contributed by atoms with Crippen LogP contribution in [-0.4, -0.2) is 24.4 Å². The predicted octanol–water partition coefficient (Wildman–Crippen LogP) is 3.28. The van der Waals surface area contributed by atoms with Gasteiger partial charge in [0.05, 0.1) is 11.1 Å². The van der Waals surface area contributed by atoms with Crippen LogP contribution >= 0.6 is 11.3 Å². The van der Waals surface area contributed by atoms with Gasteiger partial charge in [-0.25, -0.2) is 4.79 Å². The van der Waals surface area contributed by atoms with Gasteiger partial charge in [0.25, 0.3) is 11.8 Å². The quantitative estimate of drug-likeness (QED) is 0.649. The molecule has 3 aromatic rings. The average molecular weight is 394 g/mol. The Morgan fingerprint density at radius 2 is 1.86 bits per heavy atom. The molecule has 0 atom stereocenters. The third-order valence-electron chi connectivity index (χ3n) is 4.74. The van der Waals surface area contributed by atoms with Crippen molar-refractivity contribution in [1.29, 1.82) is 0 Å². The Morgan fingerprint density at radius 3 is 2.64 bits per heavy atom. The number of aryl methyl sites for hydroxylation is 1. The van der Waals surface area contributed by atoms with Gasteiger partial charge in [0.1, 0.15) is 5.00 Å². The fourth-order valence-electron chi connectivity index (χ4n) is 3.45. The van der Waals surface area contributed by atoms with Gasteiger partial charge in [0.2, 0.25) is 0 Å². The van der Waals surface area contributed by atoms with E-state index in [0.29, 0.717) is 16.1 Å². The highest BCUT2D eigenvalue weighted by molar-refractivity contribution is 7.17. The Bertz CT molecular complexity index is 1100.